The molecule has 1 atom stereocenters. The van der Waals surface area contributed by atoms with E-state index >= 15 is 0 Å². The number of nitrogens with one attached hydrogen (secondary N) is 1. The van der Waals surface area contributed by atoms with Crippen LogP contribution in [0.5, 0.6) is 0 Å². The average Bonchev–Trinajstić information content (AvgIpc) is 3.03. The first-order chi connectivity index (χ1) is 7.26. The Labute approximate surface area is 93.8 Å². The summed E-state index contributed by atoms with van der Waals surface area (Å²) in [6.45, 7) is 5.03. The molecule has 0 aliphatic heterocycles. The molecule has 1 aliphatic rings. The highest BCUT2D eigenvalue weighted by atomic mass is 16.5. The van der Waals surface area contributed by atoms with Crippen molar-refractivity contribution in [1.82, 2.24) is 5.32 Å². The first-order valence-corrected chi connectivity index (χ1v) is 6.19. The zero-order chi connectivity index (χ0) is 11.1. The Hall–Kier alpha value is -0.120. The van der Waals surface area contributed by atoms with E-state index in [1.807, 2.05) is 0 Å². The minimum atomic E-state index is 0.488. The maximum absolute atomic E-state index is 5.52. The van der Waals surface area contributed by atoms with Crippen LogP contribution in [-0.4, -0.2) is 32.8 Å². The van der Waals surface area contributed by atoms with Gasteiger partial charge in [-0.2, -0.15) is 0 Å². The fourth-order valence-electron chi connectivity index (χ4n) is 2.00. The van der Waals surface area contributed by atoms with Gasteiger partial charge in [-0.3, -0.25) is 0 Å². The number of hydrogen-bond donors (Lipinski definition) is 2. The minimum absolute atomic E-state index is 0.488. The first kappa shape index (κ1) is 12.9. The summed E-state index contributed by atoms with van der Waals surface area (Å²) in [6.07, 6.45) is 6.31. The van der Waals surface area contributed by atoms with Gasteiger partial charge in [-0.15, -0.1) is 0 Å². The second-order valence-corrected chi connectivity index (χ2v) is 4.82. The molecule has 0 amide bonds. The maximum Gasteiger partial charge on any atom is 0.0615 e. The Morgan fingerprint density at radius 1 is 1.47 bits per heavy atom. The van der Waals surface area contributed by atoms with Crippen molar-refractivity contribution in [2.75, 3.05) is 26.8 Å². The molecule has 0 radical (unpaired) electrons. The quantitative estimate of drug-likeness (QED) is 0.612. The summed E-state index contributed by atoms with van der Waals surface area (Å²) < 4.78 is 5.22. The van der Waals surface area contributed by atoms with Crippen LogP contribution in [-0.2, 0) is 4.74 Å². The van der Waals surface area contributed by atoms with Crippen LogP contribution in [0, 0.1) is 5.41 Å². The lowest BCUT2D eigenvalue weighted by Crippen LogP contribution is -2.37. The van der Waals surface area contributed by atoms with Crippen LogP contribution in [0.2, 0.25) is 0 Å². The van der Waals surface area contributed by atoms with E-state index in [1.165, 1.54) is 19.3 Å². The van der Waals surface area contributed by atoms with Crippen molar-refractivity contribution in [2.24, 2.45) is 11.1 Å². The van der Waals surface area contributed by atoms with Crippen molar-refractivity contribution in [1.29, 1.82) is 0 Å². The minimum Gasteiger partial charge on any atom is -0.383 e. The SMILES string of the molecule is CCC1(CNC(CCCN)COC)CC1. The number of ether oxygens (including phenoxy) is 1. The lowest BCUT2D eigenvalue weighted by molar-refractivity contribution is 0.158. The van der Waals surface area contributed by atoms with Crippen molar-refractivity contribution in [3.63, 3.8) is 0 Å². The second-order valence-electron chi connectivity index (χ2n) is 4.82. The standard InChI is InChI=1S/C12H26N2O/c1-3-12(6-7-12)10-14-11(9-15-2)5-4-8-13/h11,14H,3-10,13H2,1-2H3. The highest BCUT2D eigenvalue weighted by Gasteiger charge is 2.40. The van der Waals surface area contributed by atoms with Gasteiger partial charge in [0, 0.05) is 19.7 Å². The summed E-state index contributed by atoms with van der Waals surface area (Å²) in [5.41, 5.74) is 6.14. The third-order valence-corrected chi connectivity index (χ3v) is 3.60. The van der Waals surface area contributed by atoms with Crippen molar-refractivity contribution >= 4 is 0 Å². The van der Waals surface area contributed by atoms with Crippen molar-refractivity contribution in [2.45, 2.75) is 45.1 Å². The summed E-state index contributed by atoms with van der Waals surface area (Å²) in [5.74, 6) is 0. The lowest BCUT2D eigenvalue weighted by Gasteiger charge is -2.21. The van der Waals surface area contributed by atoms with E-state index in [0.29, 0.717) is 11.5 Å². The summed E-state index contributed by atoms with van der Waals surface area (Å²) >= 11 is 0. The molecule has 15 heavy (non-hydrogen) atoms. The second kappa shape index (κ2) is 6.46. The predicted octanol–water partition coefficient (Wildman–Crippen LogP) is 1.52. The van der Waals surface area contributed by atoms with E-state index in [0.717, 1.165) is 32.5 Å². The molecule has 0 heterocycles. The first-order valence-electron chi connectivity index (χ1n) is 6.19. The molecule has 0 aromatic carbocycles. The van der Waals surface area contributed by atoms with Gasteiger partial charge in [0.05, 0.1) is 6.61 Å². The van der Waals surface area contributed by atoms with Gasteiger partial charge in [-0.05, 0) is 44.1 Å². The van der Waals surface area contributed by atoms with Crippen molar-refractivity contribution in [3.8, 4) is 0 Å². The molecule has 0 aromatic heterocycles. The van der Waals surface area contributed by atoms with E-state index < -0.39 is 0 Å². The van der Waals surface area contributed by atoms with Crippen molar-refractivity contribution in [3.05, 3.63) is 0 Å². The molecule has 0 bridgehead atoms. The summed E-state index contributed by atoms with van der Waals surface area (Å²) in [5, 5.41) is 3.63. The summed E-state index contributed by atoms with van der Waals surface area (Å²) in [4.78, 5) is 0. The molecule has 0 spiro atoms. The Bertz CT molecular complexity index is 169. The third-order valence-electron chi connectivity index (χ3n) is 3.60. The smallest absolute Gasteiger partial charge is 0.0615 e. The van der Waals surface area contributed by atoms with Crippen LogP contribution in [0.25, 0.3) is 0 Å². The maximum atomic E-state index is 5.52. The van der Waals surface area contributed by atoms with Crippen LogP contribution in [0.15, 0.2) is 0 Å². The van der Waals surface area contributed by atoms with Gasteiger partial charge in [-0.1, -0.05) is 6.92 Å². The largest absolute Gasteiger partial charge is 0.383 e. The molecule has 90 valence electrons. The van der Waals surface area contributed by atoms with Gasteiger partial charge in [0.2, 0.25) is 0 Å². The van der Waals surface area contributed by atoms with Gasteiger partial charge < -0.3 is 15.8 Å². The fourth-order valence-corrected chi connectivity index (χ4v) is 2.00. The van der Waals surface area contributed by atoms with Crippen molar-refractivity contribution < 1.29 is 4.74 Å². The fraction of sp³-hybridized carbons (Fsp3) is 1.00. The number of nitrogens with two attached hydrogens (primary N) is 1. The van der Waals surface area contributed by atoms with E-state index in [-0.39, 0.29) is 0 Å². The zero-order valence-electron chi connectivity index (χ0n) is 10.2. The van der Waals surface area contributed by atoms with Crippen LogP contribution >= 0.6 is 0 Å². The molecule has 3 heteroatoms. The monoisotopic (exact) mass is 214 g/mol. The summed E-state index contributed by atoms with van der Waals surface area (Å²) in [7, 11) is 1.77. The van der Waals surface area contributed by atoms with Crippen LogP contribution in [0.3, 0.4) is 0 Å². The Balaban J connectivity index is 2.18. The topological polar surface area (TPSA) is 47.3 Å². The van der Waals surface area contributed by atoms with E-state index in [9.17, 15) is 0 Å². The van der Waals surface area contributed by atoms with Crippen LogP contribution < -0.4 is 11.1 Å². The van der Waals surface area contributed by atoms with Gasteiger partial charge in [0.1, 0.15) is 0 Å². The number of hydrogen-bond acceptors (Lipinski definition) is 3. The molecular formula is C12H26N2O. The van der Waals surface area contributed by atoms with E-state index in [1.54, 1.807) is 7.11 Å². The molecule has 1 saturated carbocycles. The van der Waals surface area contributed by atoms with Gasteiger partial charge in [-0.25, -0.2) is 0 Å². The number of methoxy groups -OCH3 is 1. The molecule has 3 N–H and O–H groups in total. The molecule has 0 aromatic rings. The van der Waals surface area contributed by atoms with E-state index in [4.69, 9.17) is 10.5 Å². The normalized spacial score (nSPS) is 20.2. The molecule has 1 unspecified atom stereocenters. The average molecular weight is 214 g/mol. The molecule has 1 fully saturated rings. The summed E-state index contributed by atoms with van der Waals surface area (Å²) in [6, 6.07) is 0.488. The molecule has 1 rings (SSSR count). The lowest BCUT2D eigenvalue weighted by atomic mass is 10.0. The molecule has 3 nitrogen and oxygen atoms in total. The van der Waals surface area contributed by atoms with Gasteiger partial charge in [0.15, 0.2) is 0 Å². The molecule has 1 aliphatic carbocycles. The Morgan fingerprint density at radius 3 is 2.67 bits per heavy atom. The predicted molar refractivity (Wildman–Crippen MR) is 63.9 cm³/mol. The highest BCUT2D eigenvalue weighted by Crippen LogP contribution is 2.47. The Morgan fingerprint density at radius 2 is 2.20 bits per heavy atom. The van der Waals surface area contributed by atoms with Crippen LogP contribution in [0.1, 0.15) is 39.0 Å². The number of rotatable bonds is 9. The van der Waals surface area contributed by atoms with Crippen LogP contribution in [0.4, 0.5) is 0 Å². The molecule has 0 saturated heterocycles. The third kappa shape index (κ3) is 4.49. The highest BCUT2D eigenvalue weighted by molar-refractivity contribution is 4.94. The van der Waals surface area contributed by atoms with Gasteiger partial charge >= 0.3 is 0 Å². The zero-order valence-corrected chi connectivity index (χ0v) is 10.2. The van der Waals surface area contributed by atoms with E-state index in [2.05, 4.69) is 12.2 Å². The molecular weight excluding hydrogens is 188 g/mol. The van der Waals surface area contributed by atoms with Gasteiger partial charge in [0.25, 0.3) is 0 Å². The Kier molecular flexibility index (Phi) is 5.58.